The van der Waals surface area contributed by atoms with Gasteiger partial charge in [0.25, 0.3) is 0 Å². The number of hydrogen-bond acceptors (Lipinski definition) is 1. The van der Waals surface area contributed by atoms with Crippen molar-refractivity contribution in [3.8, 4) is 0 Å². The lowest BCUT2D eigenvalue weighted by molar-refractivity contribution is -0.137. The highest BCUT2D eigenvalue weighted by Crippen LogP contribution is 2.50. The third-order valence-electron chi connectivity index (χ3n) is 4.41. The molecule has 0 radical (unpaired) electrons. The van der Waals surface area contributed by atoms with Crippen LogP contribution in [0.25, 0.3) is 4.85 Å². The molecular formula is C13H20N2O. The van der Waals surface area contributed by atoms with Crippen molar-refractivity contribution in [3.63, 3.8) is 0 Å². The molecule has 1 saturated carbocycles. The molecule has 5 atom stereocenters. The second-order valence-corrected chi connectivity index (χ2v) is 5.37. The van der Waals surface area contributed by atoms with Gasteiger partial charge in [0.15, 0.2) is 0 Å². The van der Waals surface area contributed by atoms with Crippen LogP contribution in [-0.4, -0.2) is 23.5 Å². The molecule has 3 heteroatoms. The molecule has 2 fully saturated rings. The Kier molecular flexibility index (Phi) is 2.92. The Morgan fingerprint density at radius 3 is 2.81 bits per heavy atom. The van der Waals surface area contributed by atoms with Gasteiger partial charge in [-0.3, -0.25) is 14.5 Å². The van der Waals surface area contributed by atoms with Crippen molar-refractivity contribution in [2.45, 2.75) is 39.8 Å². The second kappa shape index (κ2) is 4.08. The van der Waals surface area contributed by atoms with Gasteiger partial charge in [0.05, 0.1) is 5.92 Å². The second-order valence-electron chi connectivity index (χ2n) is 5.37. The lowest BCUT2D eigenvalue weighted by Gasteiger charge is -2.25. The summed E-state index contributed by atoms with van der Waals surface area (Å²) in [5.41, 5.74) is 0. The van der Waals surface area contributed by atoms with Crippen molar-refractivity contribution in [1.29, 1.82) is 0 Å². The molecule has 1 unspecified atom stereocenters. The smallest absolute Gasteiger partial charge is 0.289 e. The fourth-order valence-electron chi connectivity index (χ4n) is 2.68. The molecule has 2 rings (SSSR count). The van der Waals surface area contributed by atoms with E-state index in [2.05, 4.69) is 18.7 Å². The first-order valence-electron chi connectivity index (χ1n) is 6.27. The average Bonchev–Trinajstić information content (AvgIpc) is 2.98. The third-order valence-corrected chi connectivity index (χ3v) is 4.41. The van der Waals surface area contributed by atoms with E-state index in [1.165, 1.54) is 0 Å². The van der Waals surface area contributed by atoms with Gasteiger partial charge in [-0.15, -0.1) is 0 Å². The number of carbonyl (C=O) groups excluding carboxylic acids is 1. The summed E-state index contributed by atoms with van der Waals surface area (Å²) in [7, 11) is 0. The molecule has 1 saturated heterocycles. The number of carbonyl (C=O) groups is 1. The molecule has 0 aromatic rings. The number of amides is 1. The molecule has 1 heterocycles. The van der Waals surface area contributed by atoms with Crippen LogP contribution < -0.4 is 0 Å². The van der Waals surface area contributed by atoms with E-state index >= 15 is 0 Å². The zero-order valence-corrected chi connectivity index (χ0v) is 10.3. The van der Waals surface area contributed by atoms with Gasteiger partial charge in [-0.05, 0) is 18.3 Å². The molecule has 1 amide bonds. The van der Waals surface area contributed by atoms with Crippen LogP contribution in [0.15, 0.2) is 0 Å². The van der Waals surface area contributed by atoms with E-state index in [0.717, 1.165) is 19.4 Å². The van der Waals surface area contributed by atoms with Crippen LogP contribution in [0.1, 0.15) is 33.6 Å². The van der Waals surface area contributed by atoms with Crippen LogP contribution in [0.4, 0.5) is 0 Å². The van der Waals surface area contributed by atoms with E-state index in [-0.39, 0.29) is 18.0 Å². The molecule has 88 valence electrons. The molecular weight excluding hydrogens is 200 g/mol. The normalized spacial score (nSPS) is 35.1. The summed E-state index contributed by atoms with van der Waals surface area (Å²) in [5, 5.41) is 0. The average molecular weight is 220 g/mol. The summed E-state index contributed by atoms with van der Waals surface area (Å²) in [6, 6.07) is 0. The Balaban J connectivity index is 2.03. The minimum absolute atomic E-state index is 0.0618. The van der Waals surface area contributed by atoms with E-state index in [1.807, 2.05) is 11.8 Å². The fraction of sp³-hybridized carbons (Fsp3) is 0.846. The monoisotopic (exact) mass is 220 g/mol. The molecule has 1 aliphatic heterocycles. The Labute approximate surface area is 97.6 Å². The van der Waals surface area contributed by atoms with Crippen LogP contribution in [0.2, 0.25) is 0 Å². The van der Waals surface area contributed by atoms with Gasteiger partial charge < -0.3 is 0 Å². The summed E-state index contributed by atoms with van der Waals surface area (Å²) in [6.07, 6.45) is 2.04. The first-order chi connectivity index (χ1) is 7.60. The fourth-order valence-corrected chi connectivity index (χ4v) is 2.68. The molecule has 1 aliphatic carbocycles. The van der Waals surface area contributed by atoms with Crippen molar-refractivity contribution in [2.24, 2.45) is 23.7 Å². The molecule has 2 aliphatic rings. The van der Waals surface area contributed by atoms with Gasteiger partial charge in [0, 0.05) is 12.5 Å². The molecule has 3 nitrogen and oxygen atoms in total. The Morgan fingerprint density at radius 1 is 1.56 bits per heavy atom. The minimum atomic E-state index is -0.149. The number of rotatable bonds is 3. The Morgan fingerprint density at radius 2 is 2.25 bits per heavy atom. The molecule has 16 heavy (non-hydrogen) atoms. The van der Waals surface area contributed by atoms with Crippen LogP contribution in [0.5, 0.6) is 0 Å². The van der Waals surface area contributed by atoms with Gasteiger partial charge in [-0.1, -0.05) is 27.2 Å². The highest BCUT2D eigenvalue weighted by Gasteiger charge is 2.59. The van der Waals surface area contributed by atoms with E-state index < -0.39 is 0 Å². The van der Waals surface area contributed by atoms with E-state index in [1.54, 1.807) is 0 Å². The molecule has 0 aromatic heterocycles. The number of fused-ring (bicyclic) bond motifs is 1. The third kappa shape index (κ3) is 1.71. The topological polar surface area (TPSA) is 24.7 Å². The van der Waals surface area contributed by atoms with Gasteiger partial charge in [0.2, 0.25) is 5.91 Å². The molecule has 0 N–H and O–H groups in total. The number of piperidine rings is 1. The van der Waals surface area contributed by atoms with Crippen LogP contribution in [0, 0.1) is 30.2 Å². The number of likely N-dealkylation sites (tertiary alicyclic amines) is 1. The van der Waals surface area contributed by atoms with Crippen molar-refractivity contribution >= 4 is 5.91 Å². The van der Waals surface area contributed by atoms with E-state index in [9.17, 15) is 4.79 Å². The van der Waals surface area contributed by atoms with Crippen molar-refractivity contribution in [1.82, 2.24) is 4.90 Å². The maximum Gasteiger partial charge on any atom is 0.303 e. The maximum absolute atomic E-state index is 12.3. The predicted molar refractivity (Wildman–Crippen MR) is 62.3 cm³/mol. The minimum Gasteiger partial charge on any atom is -0.289 e. The Hall–Kier alpha value is -1.04. The quantitative estimate of drug-likeness (QED) is 0.670. The standard InChI is InChI=1S/C13H20N2O/c1-5-8(2)9(3)13(16)15-7-10-6-11(10)12(15)14-4/h8-12H,5-7H2,1-3H3/t8?,9-,10-,11-,12+/m0/s1. The SMILES string of the molecule is [C-]#[N+][C@H]1[C@H]2C[C@H]2CN1C(=O)[C@@H](C)C(C)CC. The van der Waals surface area contributed by atoms with Crippen LogP contribution in [-0.2, 0) is 4.79 Å². The predicted octanol–water partition coefficient (Wildman–Crippen LogP) is 2.39. The first kappa shape index (κ1) is 11.4. The lowest BCUT2D eigenvalue weighted by atomic mass is 9.92. The van der Waals surface area contributed by atoms with Crippen molar-refractivity contribution in [3.05, 3.63) is 11.4 Å². The van der Waals surface area contributed by atoms with Crippen molar-refractivity contribution < 1.29 is 4.79 Å². The van der Waals surface area contributed by atoms with E-state index in [0.29, 0.717) is 17.8 Å². The summed E-state index contributed by atoms with van der Waals surface area (Å²) >= 11 is 0. The lowest BCUT2D eigenvalue weighted by Crippen LogP contribution is -2.41. The summed E-state index contributed by atoms with van der Waals surface area (Å²) in [6.45, 7) is 14.3. The first-order valence-corrected chi connectivity index (χ1v) is 6.27. The zero-order valence-electron chi connectivity index (χ0n) is 10.3. The van der Waals surface area contributed by atoms with Gasteiger partial charge in [0.1, 0.15) is 0 Å². The van der Waals surface area contributed by atoms with Gasteiger partial charge in [-0.25, -0.2) is 6.57 Å². The highest BCUT2D eigenvalue weighted by molar-refractivity contribution is 5.80. The maximum atomic E-state index is 12.3. The summed E-state index contributed by atoms with van der Waals surface area (Å²) < 4.78 is 0. The number of nitrogens with zero attached hydrogens (tertiary/aromatic N) is 2. The number of hydrogen-bond donors (Lipinski definition) is 0. The van der Waals surface area contributed by atoms with Crippen molar-refractivity contribution in [2.75, 3.05) is 6.54 Å². The zero-order chi connectivity index (χ0) is 11.9. The Bertz CT molecular complexity index is 333. The van der Waals surface area contributed by atoms with Gasteiger partial charge >= 0.3 is 6.17 Å². The molecule has 0 aromatic carbocycles. The summed E-state index contributed by atoms with van der Waals surface area (Å²) in [4.78, 5) is 17.7. The van der Waals surface area contributed by atoms with Gasteiger partial charge in [-0.2, -0.15) is 0 Å². The largest absolute Gasteiger partial charge is 0.303 e. The summed E-state index contributed by atoms with van der Waals surface area (Å²) in [5.74, 6) is 1.79. The highest BCUT2D eigenvalue weighted by atomic mass is 16.2. The van der Waals surface area contributed by atoms with Crippen LogP contribution in [0.3, 0.4) is 0 Å². The van der Waals surface area contributed by atoms with Crippen LogP contribution >= 0.6 is 0 Å². The molecule has 0 bridgehead atoms. The molecule has 0 spiro atoms. The van der Waals surface area contributed by atoms with E-state index in [4.69, 9.17) is 6.57 Å².